The van der Waals surface area contributed by atoms with Crippen molar-refractivity contribution in [1.29, 1.82) is 0 Å². The minimum absolute atomic E-state index is 0.104. The third-order valence-electron chi connectivity index (χ3n) is 20.1. The molecular weight excluding hydrogens is 1340 g/mol. The molecule has 0 aliphatic rings. The maximum Gasteiger partial charge on any atom is 0.472 e. The van der Waals surface area contributed by atoms with Crippen molar-refractivity contribution < 1.29 is 80.2 Å². The molecule has 3 N–H and O–H groups in total. The van der Waals surface area contributed by atoms with Crippen LogP contribution in [0.3, 0.4) is 0 Å². The lowest BCUT2D eigenvalue weighted by atomic mass is 9.99. The Kier molecular flexibility index (Phi) is 74.1. The monoisotopic (exact) mass is 1510 g/mol. The van der Waals surface area contributed by atoms with Gasteiger partial charge in [-0.25, -0.2) is 9.13 Å². The van der Waals surface area contributed by atoms with Crippen molar-refractivity contribution in [3.05, 3.63) is 0 Å². The van der Waals surface area contributed by atoms with Crippen molar-refractivity contribution in [3.63, 3.8) is 0 Å². The highest BCUT2D eigenvalue weighted by Gasteiger charge is 2.30. The first-order valence-corrected chi connectivity index (χ1v) is 46.5. The van der Waals surface area contributed by atoms with Gasteiger partial charge in [-0.1, -0.05) is 395 Å². The first kappa shape index (κ1) is 101. The molecular formula is C84H164O17P2. The standard InChI is InChI=1S/C84H164O17P2/c1-7-10-12-14-16-18-20-21-22-23-24-25-26-30-33-36-39-43-49-55-61-67-82(87)95-72-79(100-83(88)68-62-56-50-44-40-37-34-31-28-27-29-32-35-38-41-47-53-59-65-77(6)9-3)74-98-102(90,91)96-70-78(85)71-97-103(92,93)99-75-80(101-84(89)69-63-57-51-45-46-52-58-64-76(4)5)73-94-81(86)66-60-54-48-42-19-17-15-13-11-8-2/h76-80,85H,7-75H2,1-6H3,(H,90,91)(H,92,93)/t77?,78-,79-,80-/m1/s1. The zero-order valence-electron chi connectivity index (χ0n) is 67.6. The van der Waals surface area contributed by atoms with E-state index < -0.39 is 97.5 Å². The molecule has 3 unspecified atom stereocenters. The molecule has 0 radical (unpaired) electrons. The number of hydrogen-bond acceptors (Lipinski definition) is 15. The molecule has 612 valence electrons. The number of esters is 4. The summed E-state index contributed by atoms with van der Waals surface area (Å²) in [5.41, 5.74) is 0. The summed E-state index contributed by atoms with van der Waals surface area (Å²) in [7, 11) is -9.92. The number of phosphoric acid groups is 2. The molecule has 0 spiro atoms. The number of aliphatic hydroxyl groups is 1. The van der Waals surface area contributed by atoms with E-state index in [2.05, 4.69) is 41.5 Å². The maximum absolute atomic E-state index is 13.1. The van der Waals surface area contributed by atoms with Crippen LogP contribution in [0, 0.1) is 11.8 Å². The summed E-state index contributed by atoms with van der Waals surface area (Å²) in [5.74, 6) is -0.543. The van der Waals surface area contributed by atoms with Gasteiger partial charge in [-0.05, 0) is 37.5 Å². The van der Waals surface area contributed by atoms with Crippen LogP contribution in [-0.4, -0.2) is 96.7 Å². The van der Waals surface area contributed by atoms with Crippen LogP contribution < -0.4 is 0 Å². The third kappa shape index (κ3) is 76.6. The lowest BCUT2D eigenvalue weighted by Gasteiger charge is -2.21. The second-order valence-corrected chi connectivity index (χ2v) is 33.8. The summed E-state index contributed by atoms with van der Waals surface area (Å²) in [6.45, 7) is 9.64. The topological polar surface area (TPSA) is 237 Å². The highest BCUT2D eigenvalue weighted by Crippen LogP contribution is 2.45. The second kappa shape index (κ2) is 75.5. The number of hydrogen-bond donors (Lipinski definition) is 3. The molecule has 17 nitrogen and oxygen atoms in total. The van der Waals surface area contributed by atoms with Crippen LogP contribution in [-0.2, 0) is 65.4 Å². The average Bonchev–Trinajstić information content (AvgIpc) is 0.924. The normalized spacial score (nSPS) is 14.1. The highest BCUT2D eigenvalue weighted by molar-refractivity contribution is 7.47. The summed E-state index contributed by atoms with van der Waals surface area (Å²) < 4.78 is 68.7. The van der Waals surface area contributed by atoms with Crippen LogP contribution in [0.1, 0.15) is 446 Å². The Morgan fingerprint density at radius 1 is 0.282 bits per heavy atom. The lowest BCUT2D eigenvalue weighted by Crippen LogP contribution is -2.30. The van der Waals surface area contributed by atoms with Crippen molar-refractivity contribution in [2.45, 2.75) is 464 Å². The number of carbonyl (C=O) groups excluding carboxylic acids is 4. The van der Waals surface area contributed by atoms with Crippen LogP contribution in [0.2, 0.25) is 0 Å². The number of unbranched alkanes of at least 4 members (excludes halogenated alkanes) is 52. The van der Waals surface area contributed by atoms with Gasteiger partial charge in [0.05, 0.1) is 26.4 Å². The fraction of sp³-hybridized carbons (Fsp3) is 0.952. The average molecular weight is 1510 g/mol. The zero-order valence-corrected chi connectivity index (χ0v) is 69.4. The van der Waals surface area contributed by atoms with Gasteiger partial charge in [-0.3, -0.25) is 37.3 Å². The van der Waals surface area contributed by atoms with E-state index in [1.54, 1.807) is 0 Å². The Bertz CT molecular complexity index is 1980. The minimum Gasteiger partial charge on any atom is -0.462 e. The van der Waals surface area contributed by atoms with Crippen LogP contribution >= 0.6 is 15.6 Å². The summed E-state index contributed by atoms with van der Waals surface area (Å²) in [5, 5.41) is 10.6. The Hall–Kier alpha value is -1.94. The summed E-state index contributed by atoms with van der Waals surface area (Å²) in [4.78, 5) is 73.0. The maximum atomic E-state index is 13.1. The van der Waals surface area contributed by atoms with E-state index >= 15 is 0 Å². The van der Waals surface area contributed by atoms with Gasteiger partial charge in [0.25, 0.3) is 0 Å². The molecule has 0 aliphatic carbocycles. The van der Waals surface area contributed by atoms with E-state index in [9.17, 15) is 43.2 Å². The SMILES string of the molecule is CCCCCCCCCCCCCCCCCCCCCCCC(=O)OC[C@H](COP(=O)(O)OC[C@@H](O)COP(=O)(O)OC[C@@H](COC(=O)CCCCCCCCCCCC)OC(=O)CCCCCCCCCC(C)C)OC(=O)CCCCCCCCCCCCCCCCCCCCC(C)CC. The molecule has 19 heteroatoms. The molecule has 103 heavy (non-hydrogen) atoms. The number of phosphoric ester groups is 2. The highest BCUT2D eigenvalue weighted by atomic mass is 31.2. The Balaban J connectivity index is 5.17. The van der Waals surface area contributed by atoms with E-state index in [4.69, 9.17) is 37.0 Å². The third-order valence-corrected chi connectivity index (χ3v) is 22.0. The van der Waals surface area contributed by atoms with E-state index in [0.29, 0.717) is 31.6 Å². The van der Waals surface area contributed by atoms with E-state index in [0.717, 1.165) is 95.8 Å². The van der Waals surface area contributed by atoms with Gasteiger partial charge < -0.3 is 33.8 Å². The number of aliphatic hydroxyl groups excluding tert-OH is 1. The van der Waals surface area contributed by atoms with Crippen LogP contribution in [0.15, 0.2) is 0 Å². The molecule has 0 aromatic heterocycles. The number of rotatable bonds is 83. The molecule has 0 rings (SSSR count). The fourth-order valence-corrected chi connectivity index (χ4v) is 14.6. The van der Waals surface area contributed by atoms with Gasteiger partial charge in [0, 0.05) is 25.7 Å². The molecule has 0 amide bonds. The van der Waals surface area contributed by atoms with Gasteiger partial charge >= 0.3 is 39.5 Å². The molecule has 0 saturated carbocycles. The zero-order chi connectivity index (χ0) is 75.6. The first-order chi connectivity index (χ1) is 49.9. The molecule has 0 aliphatic heterocycles. The van der Waals surface area contributed by atoms with Gasteiger partial charge in [0.2, 0.25) is 0 Å². The Morgan fingerprint density at radius 3 is 0.738 bits per heavy atom. The summed E-state index contributed by atoms with van der Waals surface area (Å²) >= 11 is 0. The summed E-state index contributed by atoms with van der Waals surface area (Å²) in [6, 6.07) is 0. The van der Waals surface area contributed by atoms with Gasteiger partial charge in [0.15, 0.2) is 12.2 Å². The fourth-order valence-electron chi connectivity index (χ4n) is 13.0. The van der Waals surface area contributed by atoms with Gasteiger partial charge in [-0.15, -0.1) is 0 Å². The van der Waals surface area contributed by atoms with E-state index in [1.165, 1.54) is 263 Å². The molecule has 0 bridgehead atoms. The van der Waals surface area contributed by atoms with E-state index in [1.807, 2.05) is 0 Å². The summed E-state index contributed by atoms with van der Waals surface area (Å²) in [6.07, 6.45) is 66.9. The lowest BCUT2D eigenvalue weighted by molar-refractivity contribution is -0.161. The van der Waals surface area contributed by atoms with Crippen molar-refractivity contribution in [2.24, 2.45) is 11.8 Å². The molecule has 0 aromatic carbocycles. The quantitative estimate of drug-likeness (QED) is 0.0222. The molecule has 0 heterocycles. The largest absolute Gasteiger partial charge is 0.472 e. The van der Waals surface area contributed by atoms with Crippen molar-refractivity contribution in [1.82, 2.24) is 0 Å². The van der Waals surface area contributed by atoms with Crippen LogP contribution in [0.5, 0.6) is 0 Å². The van der Waals surface area contributed by atoms with Gasteiger partial charge in [-0.2, -0.15) is 0 Å². The molecule has 0 fully saturated rings. The number of ether oxygens (including phenoxy) is 4. The minimum atomic E-state index is -4.96. The van der Waals surface area contributed by atoms with Crippen LogP contribution in [0.4, 0.5) is 0 Å². The van der Waals surface area contributed by atoms with Gasteiger partial charge in [0.1, 0.15) is 19.3 Å². The Morgan fingerprint density at radius 2 is 0.495 bits per heavy atom. The van der Waals surface area contributed by atoms with Crippen LogP contribution in [0.25, 0.3) is 0 Å². The number of carbonyl (C=O) groups is 4. The van der Waals surface area contributed by atoms with E-state index in [-0.39, 0.29) is 25.7 Å². The first-order valence-electron chi connectivity index (χ1n) is 43.5. The predicted octanol–water partition coefficient (Wildman–Crippen LogP) is 25.5. The molecule has 0 saturated heterocycles. The van der Waals surface area contributed by atoms with Crippen molar-refractivity contribution in [2.75, 3.05) is 39.6 Å². The second-order valence-electron chi connectivity index (χ2n) is 30.9. The predicted molar refractivity (Wildman–Crippen MR) is 423 cm³/mol. The van der Waals surface area contributed by atoms with Crippen molar-refractivity contribution in [3.8, 4) is 0 Å². The molecule has 0 aromatic rings. The van der Waals surface area contributed by atoms with Crippen molar-refractivity contribution >= 4 is 39.5 Å². The smallest absolute Gasteiger partial charge is 0.462 e. The molecule has 6 atom stereocenters. The Labute approximate surface area is 632 Å².